The summed E-state index contributed by atoms with van der Waals surface area (Å²) in [6, 6.07) is 16.0. The van der Waals surface area contributed by atoms with E-state index in [4.69, 9.17) is 16.3 Å². The molecule has 12 heteroatoms. The minimum absolute atomic E-state index is 0.0263. The maximum Gasteiger partial charge on any atom is 0.282 e. The van der Waals surface area contributed by atoms with Crippen molar-refractivity contribution in [2.75, 3.05) is 45.9 Å². The Morgan fingerprint density at radius 3 is 2.36 bits per heavy atom. The van der Waals surface area contributed by atoms with Crippen LogP contribution in [-0.2, 0) is 27.0 Å². The van der Waals surface area contributed by atoms with Crippen molar-refractivity contribution in [3.63, 3.8) is 0 Å². The van der Waals surface area contributed by atoms with E-state index < -0.39 is 6.04 Å². The zero-order valence-electron chi connectivity index (χ0n) is 33.9. The Morgan fingerprint density at radius 1 is 0.881 bits per heavy atom. The second-order valence-corrected chi connectivity index (χ2v) is 19.5. The maximum atomic E-state index is 13.4. The molecule has 3 amide bonds. The van der Waals surface area contributed by atoms with E-state index >= 15 is 0 Å². The van der Waals surface area contributed by atoms with Crippen molar-refractivity contribution in [3.05, 3.63) is 97.5 Å². The zero-order chi connectivity index (χ0) is 40.4. The van der Waals surface area contributed by atoms with Crippen LogP contribution in [0.3, 0.4) is 0 Å². The number of fused-ring (bicyclic) bond motifs is 9. The highest BCUT2D eigenvalue weighted by Gasteiger charge is 2.48. The quantitative estimate of drug-likeness (QED) is 0.234. The van der Waals surface area contributed by atoms with Crippen LogP contribution < -0.4 is 15.6 Å². The first kappa shape index (κ1) is 37.4. The number of piperidine rings is 3. The number of rotatable bonds is 6. The smallest absolute Gasteiger partial charge is 0.282 e. The zero-order valence-corrected chi connectivity index (χ0v) is 34.7. The average Bonchev–Trinajstić information content (AvgIpc) is 3.81. The van der Waals surface area contributed by atoms with Gasteiger partial charge in [-0.25, -0.2) is 0 Å². The van der Waals surface area contributed by atoms with E-state index in [1.807, 2.05) is 18.2 Å². The summed E-state index contributed by atoms with van der Waals surface area (Å²) in [5.74, 6) is 2.88. The first-order chi connectivity index (χ1) is 28.5. The molecule has 1 unspecified atom stereocenters. The number of aromatic nitrogens is 2. The molecule has 11 nitrogen and oxygen atoms in total. The van der Waals surface area contributed by atoms with Crippen molar-refractivity contribution in [1.82, 2.24) is 29.6 Å². The van der Waals surface area contributed by atoms with Gasteiger partial charge in [0, 0.05) is 41.6 Å². The molecule has 3 saturated heterocycles. The van der Waals surface area contributed by atoms with Gasteiger partial charge in [0.15, 0.2) is 0 Å². The number of amides is 3. The molecule has 1 atom stereocenters. The molecule has 6 aliphatic heterocycles. The van der Waals surface area contributed by atoms with Gasteiger partial charge in [-0.2, -0.15) is 4.98 Å². The van der Waals surface area contributed by atoms with Gasteiger partial charge >= 0.3 is 0 Å². The Morgan fingerprint density at radius 2 is 1.61 bits per heavy atom. The summed E-state index contributed by atoms with van der Waals surface area (Å²) in [6.45, 7) is 12.0. The van der Waals surface area contributed by atoms with Gasteiger partial charge in [-0.1, -0.05) is 35.9 Å². The third-order valence-electron chi connectivity index (χ3n) is 15.3. The number of imide groups is 1. The van der Waals surface area contributed by atoms with Crippen molar-refractivity contribution < 1.29 is 19.1 Å². The van der Waals surface area contributed by atoms with Crippen LogP contribution in [-0.4, -0.2) is 93.9 Å². The number of ether oxygens (including phenoxy) is 1. The molecule has 0 radical (unpaired) electrons. The lowest BCUT2D eigenvalue weighted by Crippen LogP contribution is -2.52. The molecule has 0 bridgehead atoms. The number of likely N-dealkylation sites (tertiary alicyclic amines) is 2. The fourth-order valence-corrected chi connectivity index (χ4v) is 12.2. The molecular weight excluding hydrogens is 764 g/mol. The van der Waals surface area contributed by atoms with E-state index in [1.54, 1.807) is 11.0 Å². The molecule has 11 rings (SSSR count). The second-order valence-electron chi connectivity index (χ2n) is 19.1. The molecule has 306 valence electrons. The molecule has 1 saturated carbocycles. The van der Waals surface area contributed by atoms with Gasteiger partial charge in [0.25, 0.3) is 11.5 Å². The number of hydrogen-bond donors (Lipinski definition) is 1. The largest absolute Gasteiger partial charge is 0.492 e. The number of carbonyl (C=O) groups excluding carboxylic acids is 3. The Kier molecular flexibility index (Phi) is 8.70. The Hall–Kier alpha value is -4.58. The summed E-state index contributed by atoms with van der Waals surface area (Å²) in [7, 11) is 0. The minimum Gasteiger partial charge on any atom is -0.492 e. The van der Waals surface area contributed by atoms with Crippen molar-refractivity contribution >= 4 is 40.2 Å². The van der Waals surface area contributed by atoms with Crippen LogP contribution in [0.4, 0.5) is 0 Å². The molecule has 1 N–H and O–H groups in total. The van der Waals surface area contributed by atoms with Crippen LogP contribution in [0, 0.1) is 11.8 Å². The normalized spacial score (nSPS) is 26.1. The number of nitrogens with zero attached hydrogens (tertiary/aromatic N) is 5. The minimum atomic E-state index is -0.619. The summed E-state index contributed by atoms with van der Waals surface area (Å²) >= 11 is 6.52. The van der Waals surface area contributed by atoms with Gasteiger partial charge in [0.1, 0.15) is 17.6 Å². The van der Waals surface area contributed by atoms with E-state index in [-0.39, 0.29) is 40.5 Å². The number of hydrogen-bond acceptors (Lipinski definition) is 8. The van der Waals surface area contributed by atoms with E-state index in [0.717, 1.165) is 92.0 Å². The van der Waals surface area contributed by atoms with Gasteiger partial charge in [-0.15, -0.1) is 0 Å². The molecule has 4 fully saturated rings. The van der Waals surface area contributed by atoms with Crippen LogP contribution in [0.5, 0.6) is 5.75 Å². The highest BCUT2D eigenvalue weighted by Crippen LogP contribution is 2.50. The molecule has 7 aliphatic rings. The lowest BCUT2D eigenvalue weighted by Gasteiger charge is -2.45. The lowest BCUT2D eigenvalue weighted by molar-refractivity contribution is -0.136. The predicted molar refractivity (Wildman–Crippen MR) is 224 cm³/mol. The summed E-state index contributed by atoms with van der Waals surface area (Å²) in [4.78, 5) is 62.3. The van der Waals surface area contributed by atoms with Crippen molar-refractivity contribution in [3.8, 4) is 11.4 Å². The topological polar surface area (TPSA) is 117 Å². The van der Waals surface area contributed by atoms with E-state index in [1.165, 1.54) is 42.6 Å². The van der Waals surface area contributed by atoms with Crippen LogP contribution in [0.15, 0.2) is 53.3 Å². The molecule has 4 aromatic rings. The molecule has 59 heavy (non-hydrogen) atoms. The van der Waals surface area contributed by atoms with E-state index in [9.17, 15) is 19.2 Å². The fourth-order valence-electron chi connectivity index (χ4n) is 11.9. The Labute approximate surface area is 349 Å². The lowest BCUT2D eigenvalue weighted by atomic mass is 9.72. The third kappa shape index (κ3) is 5.92. The molecular formula is C47H51ClN6O5. The van der Waals surface area contributed by atoms with E-state index in [0.29, 0.717) is 41.5 Å². The van der Waals surface area contributed by atoms with Gasteiger partial charge in [-0.05, 0) is 138 Å². The monoisotopic (exact) mass is 814 g/mol. The van der Waals surface area contributed by atoms with Gasteiger partial charge in [0.05, 0.1) is 40.2 Å². The SMILES string of the molecule is CC1(C)c2ccc(C3CCN(CC4CC(CN5CCC6(CC5)COc5c6ccc6c5CN(C5CCC(=O)NC5=O)C6=O)C4)CC3)cc2-n2c1nc(=O)c1c(Cl)cccc12. The first-order valence-electron chi connectivity index (χ1n) is 21.7. The van der Waals surface area contributed by atoms with E-state index in [2.05, 4.69) is 62.8 Å². The Bertz CT molecular complexity index is 2510. The number of carbonyl (C=O) groups is 3. The van der Waals surface area contributed by atoms with Crippen molar-refractivity contribution in [2.24, 2.45) is 11.8 Å². The number of nitrogens with one attached hydrogen (secondary N) is 1. The predicted octanol–water partition coefficient (Wildman–Crippen LogP) is 6.07. The first-order valence-corrected chi connectivity index (χ1v) is 22.1. The van der Waals surface area contributed by atoms with Crippen LogP contribution in [0.25, 0.3) is 16.6 Å². The molecule has 1 aliphatic carbocycles. The van der Waals surface area contributed by atoms with Crippen LogP contribution in [0.1, 0.15) is 110 Å². The fraction of sp³-hybridized carbons (Fsp3) is 0.511. The summed E-state index contributed by atoms with van der Waals surface area (Å²) in [6.07, 6.45) is 7.63. The van der Waals surface area contributed by atoms with Crippen LogP contribution in [0.2, 0.25) is 5.02 Å². The standard InChI is InChI=1S/C47H51ClN6O5/c1-46(2)33-8-6-30(22-38(33)54-36-5-3-4-35(48)40(36)43(57)50-45(46)54)29-12-16-51(17-13-29)23-27-20-28(21-27)24-52-18-14-47(15-19-52)26-59-41-32-25-53(37-10-11-39(55)49-42(37)56)44(58)31(32)7-9-34(41)47/h3-9,22,27-29,37H,10-21,23-26H2,1-2H3,(H,49,55,56). The van der Waals surface area contributed by atoms with Crippen LogP contribution >= 0.6 is 11.6 Å². The molecule has 7 heterocycles. The van der Waals surface area contributed by atoms with Gasteiger partial charge in [-0.3, -0.25) is 29.1 Å². The molecule has 1 aromatic heterocycles. The van der Waals surface area contributed by atoms with Gasteiger partial charge in [0.2, 0.25) is 11.8 Å². The van der Waals surface area contributed by atoms with Gasteiger partial charge < -0.3 is 19.4 Å². The number of halogens is 1. The third-order valence-corrected chi connectivity index (χ3v) is 15.6. The maximum absolute atomic E-state index is 13.4. The van der Waals surface area contributed by atoms with Crippen molar-refractivity contribution in [2.45, 2.75) is 94.5 Å². The highest BCUT2D eigenvalue weighted by molar-refractivity contribution is 6.35. The molecule has 1 spiro atoms. The second kappa shape index (κ2) is 13.7. The average molecular weight is 815 g/mol. The molecule has 3 aromatic carbocycles. The summed E-state index contributed by atoms with van der Waals surface area (Å²) in [5, 5.41) is 3.33. The Balaban J connectivity index is 0.670. The van der Waals surface area contributed by atoms with Crippen molar-refractivity contribution in [1.29, 1.82) is 0 Å². The highest BCUT2D eigenvalue weighted by atomic mass is 35.5. The summed E-state index contributed by atoms with van der Waals surface area (Å²) in [5.41, 5.74) is 6.60. The number of benzene rings is 3. The summed E-state index contributed by atoms with van der Waals surface area (Å²) < 4.78 is 8.59.